The van der Waals surface area contributed by atoms with Crippen LogP contribution < -0.4 is 16.8 Å². The van der Waals surface area contributed by atoms with E-state index in [4.69, 9.17) is 11.5 Å². The zero-order chi connectivity index (χ0) is 22.3. The van der Waals surface area contributed by atoms with Gasteiger partial charge < -0.3 is 36.8 Å². The molecular weight excluding hydrogens is 394 g/mol. The molecule has 4 unspecified atom stereocenters. The summed E-state index contributed by atoms with van der Waals surface area (Å²) in [5.41, 5.74) is 11.3. The third-order valence-corrected chi connectivity index (χ3v) is 5.75. The first kappa shape index (κ1) is 24.0. The minimum absolute atomic E-state index is 0.301. The predicted molar refractivity (Wildman–Crippen MR) is 107 cm³/mol. The van der Waals surface area contributed by atoms with Gasteiger partial charge in [0.15, 0.2) is 0 Å². The molecule has 4 atom stereocenters. The third-order valence-electron chi connectivity index (χ3n) is 5.75. The number of carbonyl (C=O) groups is 4. The number of carboxylic acids is 1. The fraction of sp³-hybridized carbons (Fsp3) is 0.789. The van der Waals surface area contributed by atoms with E-state index >= 15 is 0 Å². The molecule has 170 valence electrons. The van der Waals surface area contributed by atoms with Crippen molar-refractivity contribution in [2.75, 3.05) is 26.2 Å². The molecule has 0 bridgehead atoms. The van der Waals surface area contributed by atoms with Gasteiger partial charge in [0, 0.05) is 13.1 Å². The normalized spacial score (nSPS) is 23.3. The van der Waals surface area contributed by atoms with Crippen LogP contribution in [0.3, 0.4) is 0 Å². The van der Waals surface area contributed by atoms with Crippen molar-refractivity contribution in [1.29, 1.82) is 0 Å². The summed E-state index contributed by atoms with van der Waals surface area (Å²) >= 11 is 0. The van der Waals surface area contributed by atoms with Crippen LogP contribution in [0.15, 0.2) is 0 Å². The molecule has 2 rings (SSSR count). The molecule has 0 radical (unpaired) electrons. The van der Waals surface area contributed by atoms with Gasteiger partial charge >= 0.3 is 5.97 Å². The van der Waals surface area contributed by atoms with E-state index < -0.39 is 54.5 Å². The summed E-state index contributed by atoms with van der Waals surface area (Å²) < 4.78 is 0. The van der Waals surface area contributed by atoms with Crippen LogP contribution in [0, 0.1) is 0 Å². The summed E-state index contributed by atoms with van der Waals surface area (Å²) in [5, 5.41) is 21.5. The molecule has 11 nitrogen and oxygen atoms in total. The van der Waals surface area contributed by atoms with Gasteiger partial charge in [0.1, 0.15) is 18.1 Å². The Bertz CT molecular complexity index is 645. The molecule has 0 aromatic carbocycles. The van der Waals surface area contributed by atoms with Gasteiger partial charge in [-0.3, -0.25) is 14.4 Å². The highest BCUT2D eigenvalue weighted by Gasteiger charge is 2.43. The molecule has 2 saturated heterocycles. The van der Waals surface area contributed by atoms with Gasteiger partial charge in [-0.15, -0.1) is 0 Å². The van der Waals surface area contributed by atoms with E-state index in [1.165, 1.54) is 9.80 Å². The standard InChI is InChI=1S/C19H33N5O6/c20-8-2-1-5-12(21)16(26)22-13(11-25)17(27)23-9-3-6-14(23)18(28)24-10-4-7-15(24)19(29)30/h12-15,25H,1-11,20-21H2,(H,22,26)(H,29,30). The Morgan fingerprint density at radius 2 is 1.67 bits per heavy atom. The van der Waals surface area contributed by atoms with Crippen LogP contribution in [0.5, 0.6) is 0 Å². The van der Waals surface area contributed by atoms with E-state index in [2.05, 4.69) is 5.32 Å². The van der Waals surface area contributed by atoms with E-state index in [1.807, 2.05) is 0 Å². The number of carboxylic acid groups (broad SMARTS) is 1. The lowest BCUT2D eigenvalue weighted by Gasteiger charge is -2.32. The first-order chi connectivity index (χ1) is 14.3. The largest absolute Gasteiger partial charge is 0.480 e. The van der Waals surface area contributed by atoms with Crippen molar-refractivity contribution in [2.45, 2.75) is 69.1 Å². The smallest absolute Gasteiger partial charge is 0.326 e. The molecule has 0 aliphatic carbocycles. The Hall–Kier alpha value is -2.24. The number of nitrogens with two attached hydrogens (primary N) is 2. The van der Waals surface area contributed by atoms with Crippen LogP contribution in [0.25, 0.3) is 0 Å². The number of aliphatic carboxylic acids is 1. The first-order valence-electron chi connectivity index (χ1n) is 10.5. The van der Waals surface area contributed by atoms with Crippen molar-refractivity contribution in [1.82, 2.24) is 15.1 Å². The molecule has 30 heavy (non-hydrogen) atoms. The van der Waals surface area contributed by atoms with Crippen LogP contribution in [0.4, 0.5) is 0 Å². The van der Waals surface area contributed by atoms with Crippen LogP contribution in [0.2, 0.25) is 0 Å². The zero-order valence-corrected chi connectivity index (χ0v) is 17.2. The van der Waals surface area contributed by atoms with Crippen molar-refractivity contribution in [3.63, 3.8) is 0 Å². The number of nitrogens with one attached hydrogen (secondary N) is 1. The number of aliphatic hydroxyl groups is 1. The molecule has 2 aliphatic rings. The summed E-state index contributed by atoms with van der Waals surface area (Å²) in [6, 6.07) is -3.70. The number of amides is 3. The van der Waals surface area contributed by atoms with Gasteiger partial charge in [0.2, 0.25) is 17.7 Å². The molecule has 0 spiro atoms. The quantitative estimate of drug-likeness (QED) is 0.248. The fourth-order valence-electron chi connectivity index (χ4n) is 4.07. The highest BCUT2D eigenvalue weighted by Crippen LogP contribution is 2.25. The van der Waals surface area contributed by atoms with E-state index in [9.17, 15) is 29.4 Å². The minimum atomic E-state index is -1.21. The highest BCUT2D eigenvalue weighted by atomic mass is 16.4. The molecule has 0 aromatic rings. The van der Waals surface area contributed by atoms with Crippen LogP contribution >= 0.6 is 0 Å². The van der Waals surface area contributed by atoms with Crippen LogP contribution in [0.1, 0.15) is 44.9 Å². The molecule has 3 amide bonds. The average Bonchev–Trinajstić information content (AvgIpc) is 3.40. The number of aliphatic hydroxyl groups excluding tert-OH is 1. The maximum Gasteiger partial charge on any atom is 0.326 e. The minimum Gasteiger partial charge on any atom is -0.480 e. The summed E-state index contributed by atoms with van der Waals surface area (Å²) in [4.78, 5) is 52.2. The third kappa shape index (κ3) is 5.67. The Balaban J connectivity index is 2.01. The van der Waals surface area contributed by atoms with Gasteiger partial charge in [-0.25, -0.2) is 4.79 Å². The topological polar surface area (TPSA) is 179 Å². The molecular formula is C19H33N5O6. The molecule has 0 saturated carbocycles. The second-order valence-electron chi connectivity index (χ2n) is 7.85. The SMILES string of the molecule is NCCCCC(N)C(=O)NC(CO)C(=O)N1CCCC1C(=O)N1CCCC1C(=O)O. The predicted octanol–water partition coefficient (Wildman–Crippen LogP) is -2.01. The Kier molecular flexibility index (Phi) is 9.00. The molecule has 2 fully saturated rings. The number of carbonyl (C=O) groups excluding carboxylic acids is 3. The second-order valence-corrected chi connectivity index (χ2v) is 7.85. The van der Waals surface area contributed by atoms with Crippen molar-refractivity contribution < 1.29 is 29.4 Å². The maximum atomic E-state index is 13.0. The van der Waals surface area contributed by atoms with Gasteiger partial charge in [-0.1, -0.05) is 6.42 Å². The van der Waals surface area contributed by atoms with Crippen molar-refractivity contribution in [3.05, 3.63) is 0 Å². The number of unbranched alkanes of at least 4 members (excludes halogenated alkanes) is 1. The summed E-state index contributed by atoms with van der Waals surface area (Å²) in [6.07, 6.45) is 3.79. The van der Waals surface area contributed by atoms with Gasteiger partial charge in [0.05, 0.1) is 12.6 Å². The fourth-order valence-corrected chi connectivity index (χ4v) is 4.07. The van der Waals surface area contributed by atoms with Gasteiger partial charge in [0.25, 0.3) is 0 Å². The average molecular weight is 428 g/mol. The van der Waals surface area contributed by atoms with Crippen molar-refractivity contribution >= 4 is 23.7 Å². The zero-order valence-electron chi connectivity index (χ0n) is 17.2. The number of rotatable bonds is 10. The summed E-state index contributed by atoms with van der Waals surface area (Å²) in [7, 11) is 0. The first-order valence-corrected chi connectivity index (χ1v) is 10.5. The molecule has 2 heterocycles. The number of hydrogen-bond donors (Lipinski definition) is 5. The number of hydrogen-bond acceptors (Lipinski definition) is 7. The Morgan fingerprint density at radius 3 is 2.27 bits per heavy atom. The molecule has 7 N–H and O–H groups in total. The lowest BCUT2D eigenvalue weighted by atomic mass is 10.1. The van der Waals surface area contributed by atoms with E-state index in [0.29, 0.717) is 58.2 Å². The molecule has 11 heteroatoms. The van der Waals surface area contributed by atoms with Crippen LogP contribution in [-0.2, 0) is 19.2 Å². The number of likely N-dealkylation sites (tertiary alicyclic amines) is 2. The summed E-state index contributed by atoms with van der Waals surface area (Å²) in [5.74, 6) is -2.57. The van der Waals surface area contributed by atoms with E-state index in [-0.39, 0.29) is 0 Å². The number of nitrogens with zero attached hydrogens (tertiary/aromatic N) is 2. The van der Waals surface area contributed by atoms with Crippen molar-refractivity contribution in [3.8, 4) is 0 Å². The highest BCUT2D eigenvalue weighted by molar-refractivity contribution is 5.94. The lowest BCUT2D eigenvalue weighted by molar-refractivity contribution is -0.152. The van der Waals surface area contributed by atoms with Gasteiger partial charge in [-0.05, 0) is 45.1 Å². The van der Waals surface area contributed by atoms with Gasteiger partial charge in [-0.2, -0.15) is 0 Å². The Labute approximate surface area is 175 Å². The molecule has 2 aliphatic heterocycles. The van der Waals surface area contributed by atoms with Crippen LogP contribution in [-0.4, -0.2) is 94.1 Å². The monoisotopic (exact) mass is 427 g/mol. The van der Waals surface area contributed by atoms with Crippen molar-refractivity contribution in [2.24, 2.45) is 11.5 Å². The van der Waals surface area contributed by atoms with E-state index in [0.717, 1.165) is 6.42 Å². The lowest BCUT2D eigenvalue weighted by Crippen LogP contribution is -2.57. The summed E-state index contributed by atoms with van der Waals surface area (Å²) in [6.45, 7) is 0.511. The Morgan fingerprint density at radius 1 is 1.03 bits per heavy atom. The van der Waals surface area contributed by atoms with E-state index in [1.54, 1.807) is 0 Å². The molecule has 0 aromatic heterocycles. The maximum absolute atomic E-state index is 13.0. The second kappa shape index (κ2) is 11.2.